The van der Waals surface area contributed by atoms with Gasteiger partial charge in [-0.25, -0.2) is 0 Å². The van der Waals surface area contributed by atoms with Crippen LogP contribution < -0.4 is 5.43 Å². The zero-order valence-corrected chi connectivity index (χ0v) is 14.1. The summed E-state index contributed by atoms with van der Waals surface area (Å²) in [5.74, 6) is 0.441. The molecular formula is C16H15Cl2N3O2. The summed E-state index contributed by atoms with van der Waals surface area (Å²) in [6.45, 7) is 4.23. The lowest BCUT2D eigenvalue weighted by Crippen LogP contribution is -1.99. The predicted octanol–water partition coefficient (Wildman–Crippen LogP) is 5.38. The minimum Gasteiger partial charge on any atom is -0.276 e. The molecule has 1 N–H and O–H groups in total. The lowest BCUT2D eigenvalue weighted by Gasteiger charge is -2.07. The number of hydrazone groups is 1. The summed E-state index contributed by atoms with van der Waals surface area (Å²) < 4.78 is 0. The van der Waals surface area contributed by atoms with Crippen molar-refractivity contribution in [3.63, 3.8) is 0 Å². The van der Waals surface area contributed by atoms with Gasteiger partial charge in [0.05, 0.1) is 15.6 Å². The van der Waals surface area contributed by atoms with E-state index in [1.165, 1.54) is 23.8 Å². The van der Waals surface area contributed by atoms with Gasteiger partial charge in [0.1, 0.15) is 0 Å². The maximum atomic E-state index is 10.7. The highest BCUT2D eigenvalue weighted by Gasteiger charge is 2.09. The number of hydrogen-bond donors (Lipinski definition) is 1. The molecule has 0 unspecified atom stereocenters. The number of non-ortho nitro benzene ring substituents is 1. The van der Waals surface area contributed by atoms with Crippen LogP contribution in [0.4, 0.5) is 11.4 Å². The van der Waals surface area contributed by atoms with Gasteiger partial charge in [-0.15, -0.1) is 0 Å². The van der Waals surface area contributed by atoms with E-state index >= 15 is 0 Å². The average Bonchev–Trinajstić information content (AvgIpc) is 2.53. The van der Waals surface area contributed by atoms with Crippen molar-refractivity contribution in [3.05, 3.63) is 68.7 Å². The van der Waals surface area contributed by atoms with Crippen LogP contribution >= 0.6 is 23.2 Å². The Morgan fingerprint density at radius 3 is 2.39 bits per heavy atom. The van der Waals surface area contributed by atoms with Crippen molar-refractivity contribution in [3.8, 4) is 0 Å². The van der Waals surface area contributed by atoms with Crippen LogP contribution in [0.2, 0.25) is 5.02 Å². The number of nitro groups is 1. The first-order valence-corrected chi connectivity index (χ1v) is 7.67. The van der Waals surface area contributed by atoms with Crippen molar-refractivity contribution >= 4 is 39.7 Å². The number of benzene rings is 2. The van der Waals surface area contributed by atoms with Gasteiger partial charge in [0.15, 0.2) is 5.17 Å². The number of nitrogens with one attached hydrogen (secondary N) is 1. The number of halogens is 2. The molecule has 0 aliphatic carbocycles. The number of nitrogens with zero attached hydrogens (tertiary/aromatic N) is 2. The van der Waals surface area contributed by atoms with Crippen LogP contribution in [-0.4, -0.2) is 10.1 Å². The fourth-order valence-electron chi connectivity index (χ4n) is 1.89. The highest BCUT2D eigenvalue weighted by Crippen LogP contribution is 2.26. The molecule has 5 nitrogen and oxygen atoms in total. The molecule has 0 saturated heterocycles. The van der Waals surface area contributed by atoms with Gasteiger partial charge in [0.2, 0.25) is 0 Å². The third-order valence-electron chi connectivity index (χ3n) is 3.25. The highest BCUT2D eigenvalue weighted by atomic mass is 35.5. The van der Waals surface area contributed by atoms with E-state index in [1.807, 2.05) is 24.3 Å². The van der Waals surface area contributed by atoms with E-state index in [0.717, 1.165) is 5.56 Å². The van der Waals surface area contributed by atoms with E-state index in [2.05, 4.69) is 24.4 Å². The molecule has 0 atom stereocenters. The van der Waals surface area contributed by atoms with E-state index < -0.39 is 4.92 Å². The van der Waals surface area contributed by atoms with E-state index in [0.29, 0.717) is 11.6 Å². The van der Waals surface area contributed by atoms with Crippen molar-refractivity contribution in [2.24, 2.45) is 5.10 Å². The zero-order chi connectivity index (χ0) is 17.0. The van der Waals surface area contributed by atoms with Gasteiger partial charge in [-0.2, -0.15) is 5.10 Å². The monoisotopic (exact) mass is 351 g/mol. The number of hydrogen-bond acceptors (Lipinski definition) is 4. The standard InChI is InChI=1S/C16H15Cl2N3O2/c1-10(2)11-3-5-12(6-4-11)16(18)20-19-15-8-7-13(21(22)23)9-14(15)17/h3-10,19H,1-2H3. The Labute approximate surface area is 144 Å². The average molecular weight is 352 g/mol. The number of nitro benzene ring substituents is 1. The Hall–Kier alpha value is -2.11. The fraction of sp³-hybridized carbons (Fsp3) is 0.188. The van der Waals surface area contributed by atoms with Crippen LogP contribution in [0.3, 0.4) is 0 Å². The van der Waals surface area contributed by atoms with Gasteiger partial charge in [-0.1, -0.05) is 61.3 Å². The molecule has 0 fully saturated rings. The van der Waals surface area contributed by atoms with Gasteiger partial charge < -0.3 is 0 Å². The summed E-state index contributed by atoms with van der Waals surface area (Å²) in [6, 6.07) is 11.9. The molecule has 2 aromatic rings. The number of rotatable bonds is 5. The molecule has 23 heavy (non-hydrogen) atoms. The van der Waals surface area contributed by atoms with E-state index in [1.54, 1.807) is 0 Å². The molecule has 0 heterocycles. The molecule has 0 aliphatic rings. The van der Waals surface area contributed by atoms with Gasteiger partial charge in [0, 0.05) is 17.7 Å². The first-order valence-electron chi connectivity index (χ1n) is 6.92. The van der Waals surface area contributed by atoms with Crippen LogP contribution in [0.15, 0.2) is 47.6 Å². The molecule has 2 rings (SSSR count). The van der Waals surface area contributed by atoms with E-state index in [4.69, 9.17) is 23.2 Å². The summed E-state index contributed by atoms with van der Waals surface area (Å²) >= 11 is 12.1. The predicted molar refractivity (Wildman–Crippen MR) is 94.7 cm³/mol. The lowest BCUT2D eigenvalue weighted by atomic mass is 10.0. The Kier molecular flexibility index (Phi) is 5.58. The van der Waals surface area contributed by atoms with E-state index in [-0.39, 0.29) is 15.9 Å². The molecule has 2 aromatic carbocycles. The molecule has 120 valence electrons. The molecule has 0 aliphatic heterocycles. The Balaban J connectivity index is 2.14. The summed E-state index contributed by atoms with van der Waals surface area (Å²) in [6.07, 6.45) is 0. The van der Waals surface area contributed by atoms with Crippen molar-refractivity contribution in [1.29, 1.82) is 0 Å². The molecule has 0 amide bonds. The van der Waals surface area contributed by atoms with Gasteiger partial charge in [0.25, 0.3) is 5.69 Å². The maximum absolute atomic E-state index is 10.7. The molecule has 0 radical (unpaired) electrons. The third-order valence-corrected chi connectivity index (χ3v) is 3.87. The molecular weight excluding hydrogens is 337 g/mol. The summed E-state index contributed by atoms with van der Waals surface area (Å²) in [5.41, 5.74) is 5.05. The molecule has 7 heteroatoms. The smallest absolute Gasteiger partial charge is 0.271 e. The fourth-order valence-corrected chi connectivity index (χ4v) is 2.27. The molecule has 0 spiro atoms. The third kappa shape index (κ3) is 4.43. The van der Waals surface area contributed by atoms with Crippen LogP contribution in [0.25, 0.3) is 0 Å². The topological polar surface area (TPSA) is 67.5 Å². The largest absolute Gasteiger partial charge is 0.276 e. The van der Waals surface area contributed by atoms with Gasteiger partial charge in [-0.3, -0.25) is 15.5 Å². The Morgan fingerprint density at radius 1 is 1.22 bits per heavy atom. The first-order chi connectivity index (χ1) is 10.9. The molecule has 0 bridgehead atoms. The first kappa shape index (κ1) is 17.2. The highest BCUT2D eigenvalue weighted by molar-refractivity contribution is 6.69. The van der Waals surface area contributed by atoms with Gasteiger partial charge >= 0.3 is 0 Å². The summed E-state index contributed by atoms with van der Waals surface area (Å²) in [5, 5.41) is 15.2. The zero-order valence-electron chi connectivity index (χ0n) is 12.6. The second-order valence-electron chi connectivity index (χ2n) is 5.21. The van der Waals surface area contributed by atoms with Crippen molar-refractivity contribution in [2.75, 3.05) is 5.43 Å². The maximum Gasteiger partial charge on any atom is 0.271 e. The second-order valence-corrected chi connectivity index (χ2v) is 5.98. The van der Waals surface area contributed by atoms with Crippen molar-refractivity contribution in [1.82, 2.24) is 0 Å². The number of anilines is 1. The van der Waals surface area contributed by atoms with Crippen molar-refractivity contribution < 1.29 is 4.92 Å². The molecule has 0 aromatic heterocycles. The van der Waals surface area contributed by atoms with Crippen molar-refractivity contribution in [2.45, 2.75) is 19.8 Å². The molecule has 0 saturated carbocycles. The Morgan fingerprint density at radius 2 is 1.87 bits per heavy atom. The van der Waals surface area contributed by atoms with E-state index in [9.17, 15) is 10.1 Å². The van der Waals surface area contributed by atoms with Crippen LogP contribution in [0.5, 0.6) is 0 Å². The SMILES string of the molecule is CC(C)c1ccc(C(Cl)=NNc2ccc([N+](=O)[O-])cc2Cl)cc1. The van der Waals surface area contributed by atoms with Gasteiger partial charge in [-0.05, 0) is 17.5 Å². The minimum absolute atomic E-state index is 0.0834. The lowest BCUT2D eigenvalue weighted by molar-refractivity contribution is -0.384. The van der Waals surface area contributed by atoms with Crippen LogP contribution in [-0.2, 0) is 0 Å². The normalized spacial score (nSPS) is 11.6. The quantitative estimate of drug-likeness (QED) is 0.446. The summed E-state index contributed by atoms with van der Waals surface area (Å²) in [4.78, 5) is 10.2. The minimum atomic E-state index is -0.512. The van der Waals surface area contributed by atoms with Crippen LogP contribution in [0.1, 0.15) is 30.9 Å². The second kappa shape index (κ2) is 7.44. The Bertz CT molecular complexity index is 743. The van der Waals surface area contributed by atoms with Crippen LogP contribution in [0, 0.1) is 10.1 Å². The summed E-state index contributed by atoms with van der Waals surface area (Å²) in [7, 11) is 0.